The number of hydrogen-bond acceptors (Lipinski definition) is 5. The average Bonchev–Trinajstić information content (AvgIpc) is 2.87. The van der Waals surface area contributed by atoms with Crippen molar-refractivity contribution in [1.29, 1.82) is 0 Å². The molecule has 0 radical (unpaired) electrons. The van der Waals surface area contributed by atoms with E-state index in [0.29, 0.717) is 17.3 Å². The molecule has 2 aromatic heterocycles. The maximum Gasteiger partial charge on any atom is 0.439 e. The van der Waals surface area contributed by atoms with Gasteiger partial charge in [-0.1, -0.05) is 35.5 Å². The number of aromatic amines is 1. The van der Waals surface area contributed by atoms with Crippen molar-refractivity contribution in [3.8, 4) is 22.9 Å². The van der Waals surface area contributed by atoms with Crippen LogP contribution in [0.15, 0.2) is 51.9 Å². The van der Waals surface area contributed by atoms with Crippen molar-refractivity contribution in [1.82, 2.24) is 20.1 Å². The van der Waals surface area contributed by atoms with Gasteiger partial charge in [-0.15, -0.1) is 0 Å². The van der Waals surface area contributed by atoms with Crippen LogP contribution < -0.4 is 5.76 Å². The van der Waals surface area contributed by atoms with Crippen LogP contribution in [0, 0.1) is 0 Å². The molecular formula is C12H8N4O2. The number of rotatable bonds is 2. The van der Waals surface area contributed by atoms with Crippen LogP contribution in [0.4, 0.5) is 0 Å². The first-order valence-corrected chi connectivity index (χ1v) is 5.28. The lowest BCUT2D eigenvalue weighted by Crippen LogP contribution is -1.97. The van der Waals surface area contributed by atoms with E-state index in [4.69, 9.17) is 0 Å². The molecule has 2 heterocycles. The van der Waals surface area contributed by atoms with Crippen molar-refractivity contribution in [2.45, 2.75) is 0 Å². The molecule has 0 aliphatic heterocycles. The molecule has 6 heteroatoms. The van der Waals surface area contributed by atoms with Gasteiger partial charge in [0.1, 0.15) is 5.69 Å². The third-order valence-electron chi connectivity index (χ3n) is 2.37. The Morgan fingerprint density at radius 2 is 1.94 bits per heavy atom. The van der Waals surface area contributed by atoms with Gasteiger partial charge in [-0.25, -0.2) is 14.8 Å². The summed E-state index contributed by atoms with van der Waals surface area (Å²) in [5, 5.41) is 3.59. The van der Waals surface area contributed by atoms with E-state index >= 15 is 0 Å². The van der Waals surface area contributed by atoms with Crippen LogP contribution in [-0.4, -0.2) is 20.1 Å². The van der Waals surface area contributed by atoms with Gasteiger partial charge in [-0.05, 0) is 6.07 Å². The fourth-order valence-electron chi connectivity index (χ4n) is 1.56. The van der Waals surface area contributed by atoms with Crippen molar-refractivity contribution < 1.29 is 4.52 Å². The lowest BCUT2D eigenvalue weighted by atomic mass is 10.2. The van der Waals surface area contributed by atoms with Crippen LogP contribution in [0.25, 0.3) is 22.9 Å². The monoisotopic (exact) mass is 240 g/mol. The van der Waals surface area contributed by atoms with E-state index < -0.39 is 5.76 Å². The maximum absolute atomic E-state index is 10.9. The molecule has 0 atom stereocenters. The van der Waals surface area contributed by atoms with Gasteiger partial charge in [0.2, 0.25) is 5.82 Å². The van der Waals surface area contributed by atoms with Gasteiger partial charge in [0.05, 0.1) is 0 Å². The standard InChI is InChI=1S/C12H8N4O2/c17-12-15-11(16-18-12)9-6-7-13-10(14-9)8-4-2-1-3-5-8/h1-7H,(H,15,16,17). The fraction of sp³-hybridized carbons (Fsp3) is 0. The zero-order valence-corrected chi connectivity index (χ0v) is 9.20. The molecule has 0 saturated heterocycles. The number of aromatic nitrogens is 4. The molecule has 0 aliphatic carbocycles. The van der Waals surface area contributed by atoms with Crippen LogP contribution in [0.1, 0.15) is 0 Å². The zero-order chi connectivity index (χ0) is 12.4. The predicted molar refractivity (Wildman–Crippen MR) is 63.6 cm³/mol. The normalized spacial score (nSPS) is 10.4. The SMILES string of the molecule is O=c1[nH]c(-c2ccnc(-c3ccccc3)n2)no1. The Bertz CT molecular complexity index is 718. The van der Waals surface area contributed by atoms with Crippen LogP contribution in [0.5, 0.6) is 0 Å². The molecule has 0 aliphatic rings. The highest BCUT2D eigenvalue weighted by Crippen LogP contribution is 2.17. The molecule has 0 spiro atoms. The number of nitrogens with zero attached hydrogens (tertiary/aromatic N) is 3. The number of nitrogens with one attached hydrogen (secondary N) is 1. The molecule has 1 aromatic carbocycles. The van der Waals surface area contributed by atoms with Crippen LogP contribution in [0.3, 0.4) is 0 Å². The molecule has 1 N–H and O–H groups in total. The number of H-pyrrole nitrogens is 1. The first-order valence-electron chi connectivity index (χ1n) is 5.28. The Morgan fingerprint density at radius 3 is 2.67 bits per heavy atom. The summed E-state index contributed by atoms with van der Waals surface area (Å²) in [6.07, 6.45) is 1.61. The first-order chi connectivity index (χ1) is 8.83. The van der Waals surface area contributed by atoms with Gasteiger partial charge in [-0.3, -0.25) is 9.51 Å². The van der Waals surface area contributed by atoms with Gasteiger partial charge in [-0.2, -0.15) is 0 Å². The maximum atomic E-state index is 10.9. The van der Waals surface area contributed by atoms with Crippen molar-refractivity contribution in [2.75, 3.05) is 0 Å². The third-order valence-corrected chi connectivity index (χ3v) is 2.37. The summed E-state index contributed by atoms with van der Waals surface area (Å²) in [5.74, 6) is 0.251. The Hall–Kier alpha value is -2.76. The van der Waals surface area contributed by atoms with Gasteiger partial charge in [0.15, 0.2) is 5.82 Å². The number of benzene rings is 1. The Balaban J connectivity index is 2.07. The molecular weight excluding hydrogens is 232 g/mol. The lowest BCUT2D eigenvalue weighted by molar-refractivity contribution is 0.387. The summed E-state index contributed by atoms with van der Waals surface area (Å²) in [5.41, 5.74) is 1.40. The topological polar surface area (TPSA) is 84.7 Å². The predicted octanol–water partition coefficient (Wildman–Crippen LogP) is 1.49. The highest BCUT2D eigenvalue weighted by Gasteiger charge is 2.08. The Kier molecular flexibility index (Phi) is 2.45. The average molecular weight is 240 g/mol. The zero-order valence-electron chi connectivity index (χ0n) is 9.20. The Labute approximate surface area is 101 Å². The quantitative estimate of drug-likeness (QED) is 0.733. The third kappa shape index (κ3) is 1.91. The number of hydrogen-bond donors (Lipinski definition) is 1. The van der Waals surface area contributed by atoms with E-state index in [0.717, 1.165) is 5.56 Å². The molecule has 18 heavy (non-hydrogen) atoms. The summed E-state index contributed by atoms with van der Waals surface area (Å²) in [7, 11) is 0. The molecule has 0 fully saturated rings. The lowest BCUT2D eigenvalue weighted by Gasteiger charge is -2.00. The van der Waals surface area contributed by atoms with E-state index in [-0.39, 0.29) is 0 Å². The molecule has 3 rings (SSSR count). The van der Waals surface area contributed by atoms with Crippen LogP contribution in [0.2, 0.25) is 0 Å². The van der Waals surface area contributed by atoms with Crippen molar-refractivity contribution in [3.05, 3.63) is 53.1 Å². The van der Waals surface area contributed by atoms with E-state index in [1.54, 1.807) is 12.3 Å². The molecule has 0 amide bonds. The first kappa shape index (κ1) is 10.4. The minimum atomic E-state index is -0.607. The highest BCUT2D eigenvalue weighted by atomic mass is 16.5. The second kappa shape index (κ2) is 4.25. The summed E-state index contributed by atoms with van der Waals surface area (Å²) < 4.78 is 4.44. The summed E-state index contributed by atoms with van der Waals surface area (Å²) in [6.45, 7) is 0. The smallest absolute Gasteiger partial charge is 0.296 e. The molecule has 0 saturated carbocycles. The summed E-state index contributed by atoms with van der Waals surface area (Å²) in [4.78, 5) is 21.8. The minimum absolute atomic E-state index is 0.291. The fourth-order valence-corrected chi connectivity index (χ4v) is 1.56. The second-order valence-corrected chi connectivity index (χ2v) is 3.58. The van der Waals surface area contributed by atoms with Crippen molar-refractivity contribution >= 4 is 0 Å². The molecule has 3 aromatic rings. The van der Waals surface area contributed by atoms with Gasteiger partial charge in [0, 0.05) is 11.8 Å². The minimum Gasteiger partial charge on any atom is -0.296 e. The van der Waals surface area contributed by atoms with Gasteiger partial charge >= 0.3 is 5.76 Å². The molecule has 88 valence electrons. The van der Waals surface area contributed by atoms with E-state index in [9.17, 15) is 4.79 Å². The molecule has 6 nitrogen and oxygen atoms in total. The summed E-state index contributed by atoms with van der Waals surface area (Å²) >= 11 is 0. The van der Waals surface area contributed by atoms with E-state index in [2.05, 4.69) is 24.6 Å². The van der Waals surface area contributed by atoms with Gasteiger partial charge in [0.25, 0.3) is 0 Å². The van der Waals surface area contributed by atoms with E-state index in [1.807, 2.05) is 30.3 Å². The summed E-state index contributed by atoms with van der Waals surface area (Å²) in [6, 6.07) is 11.2. The largest absolute Gasteiger partial charge is 0.439 e. The second-order valence-electron chi connectivity index (χ2n) is 3.58. The highest BCUT2D eigenvalue weighted by molar-refractivity contribution is 5.58. The van der Waals surface area contributed by atoms with Crippen LogP contribution >= 0.6 is 0 Å². The molecule has 0 bridgehead atoms. The van der Waals surface area contributed by atoms with Gasteiger partial charge < -0.3 is 0 Å². The van der Waals surface area contributed by atoms with Crippen molar-refractivity contribution in [2.24, 2.45) is 0 Å². The Morgan fingerprint density at radius 1 is 1.11 bits per heavy atom. The van der Waals surface area contributed by atoms with E-state index in [1.165, 1.54) is 0 Å². The van der Waals surface area contributed by atoms with Crippen molar-refractivity contribution in [3.63, 3.8) is 0 Å². The van der Waals surface area contributed by atoms with Crippen LogP contribution in [-0.2, 0) is 0 Å². The molecule has 0 unspecified atom stereocenters.